The summed E-state index contributed by atoms with van der Waals surface area (Å²) in [5, 5.41) is 12.7. The molecule has 1 aliphatic rings. The first-order valence-electron chi connectivity index (χ1n) is 7.56. The zero-order valence-electron chi connectivity index (χ0n) is 13.1. The second-order valence-electron chi connectivity index (χ2n) is 5.47. The maximum absolute atomic E-state index is 11.2. The Hall–Kier alpha value is -1.82. The predicted octanol–water partition coefficient (Wildman–Crippen LogP) is 3.67. The zero-order chi connectivity index (χ0) is 17.0. The highest BCUT2D eigenvalue weighted by atomic mass is 35.5. The second-order valence-corrected chi connectivity index (χ2v) is 6.85. The van der Waals surface area contributed by atoms with Crippen molar-refractivity contribution in [3.05, 3.63) is 77.6 Å². The highest BCUT2D eigenvalue weighted by molar-refractivity contribution is 8.14. The highest BCUT2D eigenvalue weighted by Crippen LogP contribution is 2.39. The van der Waals surface area contributed by atoms with Crippen LogP contribution in [0, 0.1) is 0 Å². The molecule has 1 N–H and O–H groups in total. The lowest BCUT2D eigenvalue weighted by Gasteiger charge is -2.33. The molecule has 24 heavy (non-hydrogen) atoms. The van der Waals surface area contributed by atoms with Crippen LogP contribution in [-0.2, 0) is 12.3 Å². The number of thioether (sulfide) groups is 1. The fourth-order valence-electron chi connectivity index (χ4n) is 2.58. The van der Waals surface area contributed by atoms with Crippen LogP contribution >= 0.6 is 23.4 Å². The largest absolute Gasteiger partial charge is 0.366 e. The summed E-state index contributed by atoms with van der Waals surface area (Å²) in [4.78, 5) is 10.6. The average Bonchev–Trinajstić information content (AvgIpc) is 2.92. The monoisotopic (exact) mass is 359 g/mol. The number of rotatable bonds is 5. The van der Waals surface area contributed by atoms with Gasteiger partial charge in [0.2, 0.25) is 0 Å². The molecule has 2 aromatic rings. The van der Waals surface area contributed by atoms with E-state index < -0.39 is 5.72 Å². The topological polar surface area (TPSA) is 48.7 Å². The molecule has 2 heterocycles. The van der Waals surface area contributed by atoms with Crippen molar-refractivity contribution in [3.63, 3.8) is 0 Å². The summed E-state index contributed by atoms with van der Waals surface area (Å²) < 4.78 is 0. The van der Waals surface area contributed by atoms with Gasteiger partial charge in [-0.3, -0.25) is 9.98 Å². The summed E-state index contributed by atoms with van der Waals surface area (Å²) >= 11 is 7.50. The second kappa shape index (κ2) is 7.38. The molecule has 0 amide bonds. The fourth-order valence-corrected chi connectivity index (χ4v) is 3.89. The standard InChI is InChI=1S/C18H18ClN3OS/c1-2-10-22-17(21-12-14-4-3-9-20-11-14)24-13-18(22,23)15-5-7-16(19)8-6-15/h2-9,11,23H,1,10,12-13H2. The number of benzene rings is 1. The molecule has 124 valence electrons. The van der Waals surface area contributed by atoms with E-state index in [9.17, 15) is 5.11 Å². The van der Waals surface area contributed by atoms with Crippen molar-refractivity contribution in [2.24, 2.45) is 4.99 Å². The first kappa shape index (κ1) is 17.0. The van der Waals surface area contributed by atoms with Gasteiger partial charge in [0.25, 0.3) is 0 Å². The molecule has 4 nitrogen and oxygen atoms in total. The number of hydrogen-bond acceptors (Lipinski definition) is 4. The zero-order valence-corrected chi connectivity index (χ0v) is 14.7. The third-order valence-corrected chi connectivity index (χ3v) is 5.22. The van der Waals surface area contributed by atoms with E-state index >= 15 is 0 Å². The Kier molecular flexibility index (Phi) is 5.23. The van der Waals surface area contributed by atoms with Crippen LogP contribution < -0.4 is 0 Å². The van der Waals surface area contributed by atoms with Gasteiger partial charge in [0.1, 0.15) is 0 Å². The van der Waals surface area contributed by atoms with E-state index in [1.54, 1.807) is 42.4 Å². The number of halogens is 1. The third kappa shape index (κ3) is 3.48. The van der Waals surface area contributed by atoms with E-state index in [-0.39, 0.29) is 0 Å². The molecule has 1 aliphatic heterocycles. The molecule has 3 rings (SSSR count). The molecule has 0 bridgehead atoms. The molecule has 1 aromatic heterocycles. The van der Waals surface area contributed by atoms with Crippen LogP contribution in [0.1, 0.15) is 11.1 Å². The minimum absolute atomic E-state index is 0.508. The number of aliphatic hydroxyl groups is 1. The first-order chi connectivity index (χ1) is 11.6. The van der Waals surface area contributed by atoms with E-state index in [1.165, 1.54) is 0 Å². The maximum atomic E-state index is 11.2. The van der Waals surface area contributed by atoms with Crippen LogP contribution in [0.3, 0.4) is 0 Å². The van der Waals surface area contributed by atoms with E-state index in [0.717, 1.165) is 16.3 Å². The average molecular weight is 360 g/mol. The molecule has 0 saturated carbocycles. The van der Waals surface area contributed by atoms with Gasteiger partial charge in [0.05, 0.1) is 12.3 Å². The van der Waals surface area contributed by atoms with Crippen molar-refractivity contribution in [1.29, 1.82) is 0 Å². The number of pyridine rings is 1. The summed E-state index contributed by atoms with van der Waals surface area (Å²) in [6.45, 7) is 4.84. The van der Waals surface area contributed by atoms with Crippen LogP contribution in [0.2, 0.25) is 5.02 Å². The summed E-state index contributed by atoms with van der Waals surface area (Å²) in [5.74, 6) is 0.508. The Balaban J connectivity index is 1.87. The Morgan fingerprint density at radius 2 is 2.17 bits per heavy atom. The van der Waals surface area contributed by atoms with E-state index in [2.05, 4.69) is 16.6 Å². The predicted molar refractivity (Wildman–Crippen MR) is 100 cm³/mol. The summed E-state index contributed by atoms with van der Waals surface area (Å²) in [5.41, 5.74) is 0.718. The van der Waals surface area contributed by atoms with Gasteiger partial charge in [-0.05, 0) is 23.8 Å². The van der Waals surface area contributed by atoms with Crippen molar-refractivity contribution in [1.82, 2.24) is 9.88 Å². The van der Waals surface area contributed by atoms with Gasteiger partial charge in [-0.15, -0.1) is 6.58 Å². The van der Waals surface area contributed by atoms with Gasteiger partial charge in [0, 0.05) is 29.5 Å². The lowest BCUT2D eigenvalue weighted by molar-refractivity contribution is -0.0423. The van der Waals surface area contributed by atoms with Crippen molar-refractivity contribution in [2.75, 3.05) is 12.3 Å². The maximum Gasteiger partial charge on any atom is 0.175 e. The Bertz CT molecular complexity index is 736. The molecule has 1 atom stereocenters. The highest BCUT2D eigenvalue weighted by Gasteiger charge is 2.44. The summed E-state index contributed by atoms with van der Waals surface area (Å²) in [7, 11) is 0. The SMILES string of the molecule is C=CCN1C(=NCc2cccnc2)SCC1(O)c1ccc(Cl)cc1. The van der Waals surface area contributed by atoms with E-state index in [1.807, 2.05) is 29.2 Å². The van der Waals surface area contributed by atoms with Crippen molar-refractivity contribution < 1.29 is 5.11 Å². The van der Waals surface area contributed by atoms with Gasteiger partial charge in [0.15, 0.2) is 10.9 Å². The molecule has 0 aliphatic carbocycles. The van der Waals surface area contributed by atoms with Gasteiger partial charge in [-0.25, -0.2) is 0 Å². The minimum atomic E-state index is -1.11. The summed E-state index contributed by atoms with van der Waals surface area (Å²) in [6, 6.07) is 11.2. The van der Waals surface area contributed by atoms with Crippen LogP contribution in [0.15, 0.2) is 66.4 Å². The lowest BCUT2D eigenvalue weighted by atomic mass is 10.0. The lowest BCUT2D eigenvalue weighted by Crippen LogP contribution is -2.45. The molecule has 0 radical (unpaired) electrons. The first-order valence-corrected chi connectivity index (χ1v) is 8.93. The van der Waals surface area contributed by atoms with Gasteiger partial charge >= 0.3 is 0 Å². The molecule has 0 spiro atoms. The van der Waals surface area contributed by atoms with E-state index in [0.29, 0.717) is 23.9 Å². The molecule has 1 saturated heterocycles. The van der Waals surface area contributed by atoms with Crippen LogP contribution in [0.25, 0.3) is 0 Å². The van der Waals surface area contributed by atoms with Crippen LogP contribution in [-0.4, -0.2) is 32.5 Å². The number of aromatic nitrogens is 1. The smallest absolute Gasteiger partial charge is 0.175 e. The van der Waals surface area contributed by atoms with Crippen molar-refractivity contribution in [3.8, 4) is 0 Å². The number of amidine groups is 1. The molecule has 1 aromatic carbocycles. The Morgan fingerprint density at radius 1 is 1.38 bits per heavy atom. The van der Waals surface area contributed by atoms with Crippen LogP contribution in [0.5, 0.6) is 0 Å². The number of hydrogen-bond donors (Lipinski definition) is 1. The Morgan fingerprint density at radius 3 is 2.83 bits per heavy atom. The fraction of sp³-hybridized carbons (Fsp3) is 0.222. The van der Waals surface area contributed by atoms with Gasteiger partial charge in [-0.1, -0.05) is 47.6 Å². The van der Waals surface area contributed by atoms with Crippen molar-refractivity contribution in [2.45, 2.75) is 12.3 Å². The quantitative estimate of drug-likeness (QED) is 0.827. The van der Waals surface area contributed by atoms with E-state index in [4.69, 9.17) is 11.6 Å². The van der Waals surface area contributed by atoms with Gasteiger partial charge < -0.3 is 10.0 Å². The number of aliphatic imine (C=N–C) groups is 1. The molecule has 1 unspecified atom stereocenters. The third-order valence-electron chi connectivity index (χ3n) is 3.82. The molecule has 1 fully saturated rings. The molecular formula is C18H18ClN3OS. The normalized spacial score (nSPS) is 22.1. The Labute approximate surface area is 150 Å². The van der Waals surface area contributed by atoms with Gasteiger partial charge in [-0.2, -0.15) is 0 Å². The van der Waals surface area contributed by atoms with Crippen molar-refractivity contribution >= 4 is 28.5 Å². The molecular weight excluding hydrogens is 342 g/mol. The summed E-state index contributed by atoms with van der Waals surface area (Å²) in [6.07, 6.45) is 5.31. The van der Waals surface area contributed by atoms with Crippen LogP contribution in [0.4, 0.5) is 0 Å². The number of nitrogens with zero attached hydrogens (tertiary/aromatic N) is 3. The molecule has 6 heteroatoms. The minimum Gasteiger partial charge on any atom is -0.366 e.